The molecule has 4 heteroatoms. The third-order valence-electron chi connectivity index (χ3n) is 4.39. The molecule has 1 aliphatic rings. The zero-order valence-electron chi connectivity index (χ0n) is 13.9. The van der Waals surface area contributed by atoms with Crippen molar-refractivity contribution in [1.29, 1.82) is 0 Å². The number of carbonyl (C=O) groups is 1. The van der Waals surface area contributed by atoms with Crippen LogP contribution in [0.4, 0.5) is 0 Å². The van der Waals surface area contributed by atoms with Gasteiger partial charge in [-0.05, 0) is 0 Å². The number of hydrogen-bond donors (Lipinski definition) is 0. The summed E-state index contributed by atoms with van der Waals surface area (Å²) in [5.41, 5.74) is 1.05. The molecule has 0 aromatic heterocycles. The predicted octanol–water partition coefficient (Wildman–Crippen LogP) is 3.14. The molecule has 0 radical (unpaired) electrons. The fraction of sp³-hybridized carbons (Fsp3) is 0.350. The Kier molecular flexibility index (Phi) is 5.72. The third-order valence-corrected chi connectivity index (χ3v) is 7.35. The van der Waals surface area contributed by atoms with Gasteiger partial charge in [0.25, 0.3) is 0 Å². The van der Waals surface area contributed by atoms with Gasteiger partial charge in [0.05, 0.1) is 0 Å². The van der Waals surface area contributed by atoms with Gasteiger partial charge in [-0.3, -0.25) is 0 Å². The van der Waals surface area contributed by atoms with E-state index in [0.29, 0.717) is 0 Å². The van der Waals surface area contributed by atoms with Crippen molar-refractivity contribution in [2.45, 2.75) is 30.4 Å². The summed E-state index contributed by atoms with van der Waals surface area (Å²) in [5.74, 6) is -0.412. The molecule has 0 aliphatic carbocycles. The summed E-state index contributed by atoms with van der Waals surface area (Å²) in [6.45, 7) is 2.13. The van der Waals surface area contributed by atoms with Crippen LogP contribution in [0.2, 0.25) is 4.82 Å². The Balaban J connectivity index is 1.93. The number of methoxy groups -OCH3 is 1. The Morgan fingerprint density at radius 1 is 1.08 bits per heavy atom. The normalized spacial score (nSPS) is 26.2. The molecule has 0 saturated carbocycles. The number of ether oxygens (including phenoxy) is 2. The van der Waals surface area contributed by atoms with E-state index in [-0.39, 0.29) is 43.9 Å². The summed E-state index contributed by atoms with van der Waals surface area (Å²) in [6.07, 6.45) is 0.759. The van der Waals surface area contributed by atoms with Crippen molar-refractivity contribution in [3.8, 4) is 0 Å². The second-order valence-corrected chi connectivity index (χ2v) is 8.48. The molecule has 0 bridgehead atoms. The maximum atomic E-state index is 12.6. The van der Waals surface area contributed by atoms with Crippen molar-refractivity contribution in [2.24, 2.45) is 5.92 Å². The van der Waals surface area contributed by atoms with Gasteiger partial charge < -0.3 is 0 Å². The van der Waals surface area contributed by atoms with Crippen molar-refractivity contribution in [1.82, 2.24) is 0 Å². The Morgan fingerprint density at radius 3 is 2.29 bits per heavy atom. The molecule has 2 aromatic carbocycles. The van der Waals surface area contributed by atoms with Crippen LogP contribution in [0.15, 0.2) is 60.7 Å². The molecule has 126 valence electrons. The first kappa shape index (κ1) is 17.2. The Bertz CT molecular complexity index is 659. The summed E-state index contributed by atoms with van der Waals surface area (Å²) in [7, 11) is 1.47. The molecular weight excluding hydrogens is 367 g/mol. The molecule has 1 heterocycles. The summed E-state index contributed by atoms with van der Waals surface area (Å²) in [4.78, 5) is 12.8. The fourth-order valence-corrected chi connectivity index (χ4v) is 6.23. The van der Waals surface area contributed by atoms with Crippen molar-refractivity contribution in [3.63, 3.8) is 0 Å². The van der Waals surface area contributed by atoms with Crippen molar-refractivity contribution in [3.05, 3.63) is 66.2 Å². The zero-order valence-corrected chi connectivity index (χ0v) is 15.6. The van der Waals surface area contributed by atoms with E-state index in [1.165, 1.54) is 11.6 Å². The third kappa shape index (κ3) is 3.56. The number of carbonyl (C=O) groups excluding carboxylic acids is 1. The van der Waals surface area contributed by atoms with Gasteiger partial charge in [-0.15, -0.1) is 0 Å². The van der Waals surface area contributed by atoms with E-state index in [1.807, 2.05) is 36.4 Å². The number of esters is 1. The van der Waals surface area contributed by atoms with E-state index in [2.05, 4.69) is 31.2 Å². The monoisotopic (exact) mass is 390 g/mol. The molecule has 0 N–H and O–H groups in total. The van der Waals surface area contributed by atoms with Crippen molar-refractivity contribution >= 4 is 25.4 Å². The summed E-state index contributed by atoms with van der Waals surface area (Å²) < 4.78 is 12.8. The van der Waals surface area contributed by atoms with Gasteiger partial charge in [0.15, 0.2) is 0 Å². The van der Waals surface area contributed by atoms with Crippen LogP contribution in [0, 0.1) is 5.92 Å². The standard InChI is InChI=1S/C20H22O3Se/c1-3-16-19(24-15-12-8-5-9-13-15)17(20(21)22-2)18(23-16)14-10-6-4-7-11-14/h4-13,16-19H,3H2,1-2H3/t16-,17+,18+,19-/m0/s1. The molecule has 1 fully saturated rings. The van der Waals surface area contributed by atoms with Crippen LogP contribution < -0.4 is 4.46 Å². The van der Waals surface area contributed by atoms with Gasteiger partial charge in [-0.25, -0.2) is 0 Å². The van der Waals surface area contributed by atoms with E-state index in [0.717, 1.165) is 12.0 Å². The first-order chi connectivity index (χ1) is 11.7. The van der Waals surface area contributed by atoms with Crippen LogP contribution >= 0.6 is 0 Å². The Morgan fingerprint density at radius 2 is 1.71 bits per heavy atom. The summed E-state index contributed by atoms with van der Waals surface area (Å²) >= 11 is 0.157. The Labute approximate surface area is 149 Å². The molecule has 0 spiro atoms. The SMILES string of the molecule is CC[C@@H]1O[C@H](c2ccccc2)[C@@H](C(=O)OC)[C@H]1[Se]c1ccccc1. The van der Waals surface area contributed by atoms with Gasteiger partial charge >= 0.3 is 149 Å². The zero-order chi connectivity index (χ0) is 16.9. The minimum absolute atomic E-state index is 0.0829. The average molecular weight is 389 g/mol. The number of rotatable bonds is 5. The van der Waals surface area contributed by atoms with Crippen LogP contribution in [0.25, 0.3) is 0 Å². The molecule has 24 heavy (non-hydrogen) atoms. The average Bonchev–Trinajstić information content (AvgIpc) is 3.01. The number of hydrogen-bond acceptors (Lipinski definition) is 3. The van der Waals surface area contributed by atoms with Crippen LogP contribution in [0.1, 0.15) is 25.0 Å². The van der Waals surface area contributed by atoms with E-state index in [4.69, 9.17) is 9.47 Å². The quantitative estimate of drug-likeness (QED) is 0.582. The second kappa shape index (κ2) is 7.98. The summed E-state index contributed by atoms with van der Waals surface area (Å²) in [6, 6.07) is 20.4. The predicted molar refractivity (Wildman–Crippen MR) is 95.4 cm³/mol. The molecular formula is C20H22O3Se. The molecule has 3 nitrogen and oxygen atoms in total. The van der Waals surface area contributed by atoms with Gasteiger partial charge in [-0.2, -0.15) is 0 Å². The minimum atomic E-state index is -0.248. The molecule has 1 aliphatic heterocycles. The van der Waals surface area contributed by atoms with Gasteiger partial charge in [0.2, 0.25) is 0 Å². The van der Waals surface area contributed by atoms with Crippen molar-refractivity contribution < 1.29 is 14.3 Å². The van der Waals surface area contributed by atoms with Gasteiger partial charge in [-0.1, -0.05) is 0 Å². The topological polar surface area (TPSA) is 35.5 Å². The van der Waals surface area contributed by atoms with E-state index >= 15 is 0 Å². The first-order valence-corrected chi connectivity index (χ1v) is 10.1. The van der Waals surface area contributed by atoms with Gasteiger partial charge in [0.1, 0.15) is 0 Å². The molecule has 0 unspecified atom stereocenters. The molecule has 4 atom stereocenters. The van der Waals surface area contributed by atoms with E-state index < -0.39 is 0 Å². The van der Waals surface area contributed by atoms with Crippen molar-refractivity contribution in [2.75, 3.05) is 7.11 Å². The van der Waals surface area contributed by atoms with Crippen LogP contribution in [-0.2, 0) is 14.3 Å². The van der Waals surface area contributed by atoms with E-state index in [1.54, 1.807) is 0 Å². The maximum absolute atomic E-state index is 12.6. The Hall–Kier alpha value is -1.61. The summed E-state index contributed by atoms with van der Waals surface area (Å²) in [5, 5.41) is 0. The second-order valence-electron chi connectivity index (χ2n) is 5.86. The van der Waals surface area contributed by atoms with Gasteiger partial charge in [0, 0.05) is 0 Å². The molecule has 3 rings (SSSR count). The molecule has 2 aromatic rings. The fourth-order valence-electron chi connectivity index (χ4n) is 3.21. The van der Waals surface area contributed by atoms with Crippen LogP contribution in [-0.4, -0.2) is 34.1 Å². The first-order valence-electron chi connectivity index (χ1n) is 8.24. The molecule has 1 saturated heterocycles. The molecule has 0 amide bonds. The van der Waals surface area contributed by atoms with Crippen LogP contribution in [0.5, 0.6) is 0 Å². The van der Waals surface area contributed by atoms with E-state index in [9.17, 15) is 4.79 Å². The van der Waals surface area contributed by atoms with Crippen LogP contribution in [0.3, 0.4) is 0 Å². The number of benzene rings is 2.